The number of methoxy groups -OCH3 is 2. The summed E-state index contributed by atoms with van der Waals surface area (Å²) >= 11 is 0. The van der Waals surface area contributed by atoms with Crippen molar-refractivity contribution in [1.29, 1.82) is 0 Å². The molecule has 0 saturated carbocycles. The summed E-state index contributed by atoms with van der Waals surface area (Å²) in [7, 11) is 3.18. The summed E-state index contributed by atoms with van der Waals surface area (Å²) in [5, 5.41) is 2.75. The molecule has 0 rings (SSSR count). The Morgan fingerprint density at radius 2 is 2.14 bits per heavy atom. The Kier molecular flexibility index (Phi) is 8.51. The molecule has 0 spiro atoms. The SMILES string of the molecule is COCCC(=O)NCCC(N)COC. The summed E-state index contributed by atoms with van der Waals surface area (Å²) in [5.41, 5.74) is 5.67. The van der Waals surface area contributed by atoms with Crippen molar-refractivity contribution in [1.82, 2.24) is 5.32 Å². The van der Waals surface area contributed by atoms with Crippen LogP contribution in [-0.2, 0) is 14.3 Å². The van der Waals surface area contributed by atoms with Crippen molar-refractivity contribution in [3.8, 4) is 0 Å². The van der Waals surface area contributed by atoms with Crippen LogP contribution in [0.25, 0.3) is 0 Å². The number of nitrogens with one attached hydrogen (secondary N) is 1. The molecule has 3 N–H and O–H groups in total. The summed E-state index contributed by atoms with van der Waals surface area (Å²) in [4.78, 5) is 11.1. The van der Waals surface area contributed by atoms with Crippen LogP contribution in [-0.4, -0.2) is 45.9 Å². The Labute approximate surface area is 84.9 Å². The largest absolute Gasteiger partial charge is 0.384 e. The third-order valence-electron chi connectivity index (χ3n) is 1.75. The molecule has 0 aromatic heterocycles. The Hall–Kier alpha value is -0.650. The number of amides is 1. The van der Waals surface area contributed by atoms with Gasteiger partial charge in [0.25, 0.3) is 0 Å². The number of hydrogen-bond donors (Lipinski definition) is 2. The first kappa shape index (κ1) is 13.4. The van der Waals surface area contributed by atoms with E-state index in [0.29, 0.717) is 26.2 Å². The molecule has 1 unspecified atom stereocenters. The number of carbonyl (C=O) groups is 1. The van der Waals surface area contributed by atoms with Gasteiger partial charge in [0.2, 0.25) is 5.91 Å². The molecule has 1 amide bonds. The van der Waals surface area contributed by atoms with Crippen molar-refractivity contribution < 1.29 is 14.3 Å². The van der Waals surface area contributed by atoms with Gasteiger partial charge in [0.1, 0.15) is 0 Å². The van der Waals surface area contributed by atoms with Crippen LogP contribution >= 0.6 is 0 Å². The summed E-state index contributed by atoms with van der Waals surface area (Å²) in [5.74, 6) is -0.00327. The Morgan fingerprint density at radius 3 is 2.71 bits per heavy atom. The van der Waals surface area contributed by atoms with Crippen LogP contribution in [0.15, 0.2) is 0 Å². The highest BCUT2D eigenvalue weighted by Crippen LogP contribution is 1.87. The first-order valence-electron chi connectivity index (χ1n) is 4.70. The molecule has 0 aromatic carbocycles. The number of rotatable bonds is 8. The molecule has 0 heterocycles. The van der Waals surface area contributed by atoms with E-state index in [9.17, 15) is 4.79 Å². The van der Waals surface area contributed by atoms with E-state index >= 15 is 0 Å². The van der Waals surface area contributed by atoms with Gasteiger partial charge >= 0.3 is 0 Å². The van der Waals surface area contributed by atoms with E-state index in [1.54, 1.807) is 14.2 Å². The molecule has 0 fully saturated rings. The van der Waals surface area contributed by atoms with E-state index in [1.165, 1.54) is 0 Å². The average molecular weight is 204 g/mol. The number of ether oxygens (including phenoxy) is 2. The van der Waals surface area contributed by atoms with Crippen LogP contribution in [0.1, 0.15) is 12.8 Å². The second-order valence-electron chi connectivity index (χ2n) is 3.10. The quantitative estimate of drug-likeness (QED) is 0.559. The van der Waals surface area contributed by atoms with Gasteiger partial charge in [-0.3, -0.25) is 4.79 Å². The molecule has 0 aromatic rings. The minimum absolute atomic E-state index is 0.00327. The third kappa shape index (κ3) is 7.97. The minimum atomic E-state index is -0.0114. The molecule has 0 bridgehead atoms. The maximum Gasteiger partial charge on any atom is 0.222 e. The van der Waals surface area contributed by atoms with Crippen LogP contribution < -0.4 is 11.1 Å². The summed E-state index contributed by atoms with van der Waals surface area (Å²) in [6, 6.07) is -0.0114. The molecule has 5 heteroatoms. The fraction of sp³-hybridized carbons (Fsp3) is 0.889. The maximum absolute atomic E-state index is 11.1. The van der Waals surface area contributed by atoms with Crippen molar-refractivity contribution in [2.75, 3.05) is 34.0 Å². The normalized spacial score (nSPS) is 12.5. The van der Waals surface area contributed by atoms with Crippen molar-refractivity contribution in [3.63, 3.8) is 0 Å². The monoisotopic (exact) mass is 204 g/mol. The van der Waals surface area contributed by atoms with E-state index in [4.69, 9.17) is 15.2 Å². The van der Waals surface area contributed by atoms with Crippen LogP contribution in [0, 0.1) is 0 Å². The molecular formula is C9H20N2O3. The molecule has 0 radical (unpaired) electrons. The van der Waals surface area contributed by atoms with E-state index in [1.807, 2.05) is 0 Å². The van der Waals surface area contributed by atoms with Gasteiger partial charge in [-0.25, -0.2) is 0 Å². The molecule has 0 aliphatic heterocycles. The molecule has 0 aliphatic carbocycles. The summed E-state index contributed by atoms with van der Waals surface area (Å²) < 4.78 is 9.64. The lowest BCUT2D eigenvalue weighted by molar-refractivity contribution is -0.121. The van der Waals surface area contributed by atoms with Gasteiger partial charge in [0, 0.05) is 33.2 Å². The lowest BCUT2D eigenvalue weighted by atomic mass is 10.2. The second kappa shape index (κ2) is 8.93. The van der Waals surface area contributed by atoms with Crippen LogP contribution in [0.2, 0.25) is 0 Å². The molecule has 84 valence electrons. The number of hydrogen-bond acceptors (Lipinski definition) is 4. The topological polar surface area (TPSA) is 73.6 Å². The minimum Gasteiger partial charge on any atom is -0.384 e. The van der Waals surface area contributed by atoms with Gasteiger partial charge in [-0.15, -0.1) is 0 Å². The van der Waals surface area contributed by atoms with Crippen molar-refractivity contribution >= 4 is 5.91 Å². The first-order chi connectivity index (χ1) is 6.70. The second-order valence-corrected chi connectivity index (χ2v) is 3.10. The highest BCUT2D eigenvalue weighted by Gasteiger charge is 2.03. The van der Waals surface area contributed by atoms with Crippen molar-refractivity contribution in [3.05, 3.63) is 0 Å². The van der Waals surface area contributed by atoms with Gasteiger partial charge in [0.05, 0.1) is 13.2 Å². The maximum atomic E-state index is 11.1. The summed E-state index contributed by atoms with van der Waals surface area (Å²) in [6.45, 7) is 1.57. The average Bonchev–Trinajstić information content (AvgIpc) is 2.15. The zero-order valence-electron chi connectivity index (χ0n) is 8.91. The molecular weight excluding hydrogens is 184 g/mol. The fourth-order valence-corrected chi connectivity index (χ4v) is 0.978. The highest BCUT2D eigenvalue weighted by molar-refractivity contribution is 5.75. The fourth-order valence-electron chi connectivity index (χ4n) is 0.978. The number of nitrogens with two attached hydrogens (primary N) is 1. The zero-order chi connectivity index (χ0) is 10.8. The van der Waals surface area contributed by atoms with E-state index in [-0.39, 0.29) is 11.9 Å². The smallest absolute Gasteiger partial charge is 0.222 e. The van der Waals surface area contributed by atoms with Crippen molar-refractivity contribution in [2.24, 2.45) is 5.73 Å². The van der Waals surface area contributed by atoms with Gasteiger partial charge in [-0.2, -0.15) is 0 Å². The third-order valence-corrected chi connectivity index (χ3v) is 1.75. The first-order valence-corrected chi connectivity index (χ1v) is 4.70. The zero-order valence-corrected chi connectivity index (χ0v) is 8.91. The van der Waals surface area contributed by atoms with Crippen LogP contribution in [0.5, 0.6) is 0 Å². The van der Waals surface area contributed by atoms with E-state index in [0.717, 1.165) is 6.42 Å². The van der Waals surface area contributed by atoms with Gasteiger partial charge in [-0.1, -0.05) is 0 Å². The molecule has 14 heavy (non-hydrogen) atoms. The molecule has 0 saturated heterocycles. The Bertz CT molecular complexity index is 153. The van der Waals surface area contributed by atoms with E-state index < -0.39 is 0 Å². The van der Waals surface area contributed by atoms with Crippen LogP contribution in [0.4, 0.5) is 0 Å². The Balaban J connectivity index is 3.30. The van der Waals surface area contributed by atoms with Gasteiger partial charge < -0.3 is 20.5 Å². The molecule has 1 atom stereocenters. The highest BCUT2D eigenvalue weighted by atomic mass is 16.5. The van der Waals surface area contributed by atoms with Crippen LogP contribution in [0.3, 0.4) is 0 Å². The summed E-state index contributed by atoms with van der Waals surface area (Å²) in [6.07, 6.45) is 1.13. The molecule has 0 aliphatic rings. The Morgan fingerprint density at radius 1 is 1.43 bits per heavy atom. The van der Waals surface area contributed by atoms with Gasteiger partial charge in [0.15, 0.2) is 0 Å². The lowest BCUT2D eigenvalue weighted by Crippen LogP contribution is -2.33. The lowest BCUT2D eigenvalue weighted by Gasteiger charge is -2.10. The van der Waals surface area contributed by atoms with E-state index in [2.05, 4.69) is 5.32 Å². The van der Waals surface area contributed by atoms with Crippen molar-refractivity contribution in [2.45, 2.75) is 18.9 Å². The van der Waals surface area contributed by atoms with Gasteiger partial charge in [-0.05, 0) is 6.42 Å². The molecule has 5 nitrogen and oxygen atoms in total. The number of carbonyl (C=O) groups excluding carboxylic acids is 1. The standard InChI is InChI=1S/C9H20N2O3/c1-13-6-4-9(12)11-5-3-8(10)7-14-2/h8H,3-7,10H2,1-2H3,(H,11,12). The predicted octanol–water partition coefficient (Wildman–Crippen LogP) is -0.497. The predicted molar refractivity (Wildman–Crippen MR) is 54.0 cm³/mol.